The molecule has 0 aromatic heterocycles. The van der Waals surface area contributed by atoms with Crippen molar-refractivity contribution in [1.82, 2.24) is 9.80 Å². The average molecular weight is 489 g/mol. The number of fused-ring (bicyclic) bond motifs is 1. The predicted molar refractivity (Wildman–Crippen MR) is 127 cm³/mol. The molecule has 1 spiro atoms. The Bertz CT molecular complexity index is 1320. The zero-order chi connectivity index (χ0) is 24.6. The highest BCUT2D eigenvalue weighted by atomic mass is 16.5. The number of hydrogen-bond donors (Lipinski definition) is 3. The van der Waals surface area contributed by atoms with E-state index in [2.05, 4.69) is 4.90 Å². The number of benzene rings is 2. The number of phenols is 1. The van der Waals surface area contributed by atoms with Crippen molar-refractivity contribution in [3.63, 3.8) is 0 Å². The van der Waals surface area contributed by atoms with Crippen LogP contribution in [0, 0.1) is 5.92 Å². The molecule has 3 heterocycles. The maximum Gasteiger partial charge on any atom is 0.261 e. The largest absolute Gasteiger partial charge is 0.504 e. The Labute approximate surface area is 208 Å². The normalized spacial score (nSPS) is 38.1. The molecule has 3 fully saturated rings. The van der Waals surface area contributed by atoms with Crippen LogP contribution < -0.4 is 4.74 Å². The van der Waals surface area contributed by atoms with Crippen LogP contribution in [-0.2, 0) is 5.41 Å². The second kappa shape index (κ2) is 6.68. The Kier molecular flexibility index (Phi) is 3.93. The molecule has 2 saturated carbocycles. The summed E-state index contributed by atoms with van der Waals surface area (Å²) in [5.74, 6) is 0.131. The molecule has 8 rings (SSSR count). The van der Waals surface area contributed by atoms with Gasteiger partial charge in [0, 0.05) is 12.1 Å². The van der Waals surface area contributed by atoms with Gasteiger partial charge in [-0.05, 0) is 68.3 Å². The third-order valence-corrected chi connectivity index (χ3v) is 9.93. The van der Waals surface area contributed by atoms with Crippen LogP contribution in [0.2, 0.25) is 0 Å². The number of imide groups is 1. The number of aliphatic hydroxyl groups excluding tert-OH is 1. The summed E-state index contributed by atoms with van der Waals surface area (Å²) in [7, 11) is 0. The van der Waals surface area contributed by atoms with Crippen LogP contribution in [-0.4, -0.2) is 73.8 Å². The lowest BCUT2D eigenvalue weighted by atomic mass is 9.47. The number of phenolic OH excluding ortho intramolecular Hbond substituents is 1. The van der Waals surface area contributed by atoms with Crippen molar-refractivity contribution in [2.75, 3.05) is 13.1 Å². The van der Waals surface area contributed by atoms with Gasteiger partial charge in [0.2, 0.25) is 0 Å². The van der Waals surface area contributed by atoms with Crippen molar-refractivity contribution in [3.05, 3.63) is 58.7 Å². The molecule has 2 amide bonds. The summed E-state index contributed by atoms with van der Waals surface area (Å²) < 4.78 is 6.49. The van der Waals surface area contributed by atoms with E-state index in [9.17, 15) is 24.9 Å². The minimum absolute atomic E-state index is 0.0490. The summed E-state index contributed by atoms with van der Waals surface area (Å²) in [5, 5.41) is 35.0. The first-order valence-electron chi connectivity index (χ1n) is 13.0. The zero-order valence-corrected chi connectivity index (χ0v) is 19.8. The molecule has 0 radical (unpaired) electrons. The van der Waals surface area contributed by atoms with Crippen molar-refractivity contribution >= 4 is 11.8 Å². The van der Waals surface area contributed by atoms with E-state index in [1.165, 1.54) is 23.8 Å². The zero-order valence-electron chi connectivity index (χ0n) is 19.8. The van der Waals surface area contributed by atoms with E-state index in [1.54, 1.807) is 30.3 Å². The summed E-state index contributed by atoms with van der Waals surface area (Å²) in [5.41, 5.74) is -0.147. The number of hydrogen-bond acceptors (Lipinski definition) is 7. The lowest BCUT2D eigenvalue weighted by molar-refractivity contribution is -0.220. The van der Waals surface area contributed by atoms with Gasteiger partial charge in [-0.15, -0.1) is 0 Å². The maximum absolute atomic E-state index is 13.5. The topological polar surface area (TPSA) is 111 Å². The number of nitrogens with zero attached hydrogens (tertiary/aromatic N) is 2. The molecule has 2 bridgehead atoms. The van der Waals surface area contributed by atoms with Gasteiger partial charge in [0.15, 0.2) is 11.5 Å². The molecule has 6 atom stereocenters. The first-order chi connectivity index (χ1) is 17.4. The van der Waals surface area contributed by atoms with Crippen LogP contribution >= 0.6 is 0 Å². The summed E-state index contributed by atoms with van der Waals surface area (Å²) in [6.45, 7) is 1.51. The smallest absolute Gasteiger partial charge is 0.261 e. The molecule has 2 aromatic rings. The number of aromatic hydroxyl groups is 1. The number of piperidine rings is 1. The Morgan fingerprint density at radius 3 is 2.42 bits per heavy atom. The van der Waals surface area contributed by atoms with Gasteiger partial charge < -0.3 is 20.1 Å². The molecule has 3 unspecified atom stereocenters. The molecule has 3 N–H and O–H groups in total. The fraction of sp³-hybridized carbons (Fsp3) is 0.500. The van der Waals surface area contributed by atoms with Gasteiger partial charge in [-0.2, -0.15) is 0 Å². The second-order valence-electron chi connectivity index (χ2n) is 11.5. The fourth-order valence-corrected chi connectivity index (χ4v) is 8.29. The Balaban J connectivity index is 1.30. The summed E-state index contributed by atoms with van der Waals surface area (Å²) in [6.07, 6.45) is 1.96. The molecule has 186 valence electrons. The lowest BCUT2D eigenvalue weighted by Gasteiger charge is -2.65. The fourth-order valence-electron chi connectivity index (χ4n) is 8.29. The number of likely N-dealkylation sites (tertiary alicyclic amines) is 1. The third kappa shape index (κ3) is 2.28. The Morgan fingerprint density at radius 1 is 1.00 bits per heavy atom. The van der Waals surface area contributed by atoms with Crippen LogP contribution in [0.5, 0.6) is 11.5 Å². The van der Waals surface area contributed by atoms with Gasteiger partial charge in [0.1, 0.15) is 6.10 Å². The van der Waals surface area contributed by atoms with E-state index in [1.807, 2.05) is 0 Å². The number of carbonyl (C=O) groups is 2. The van der Waals surface area contributed by atoms with E-state index in [4.69, 9.17) is 4.74 Å². The van der Waals surface area contributed by atoms with Gasteiger partial charge in [0.25, 0.3) is 11.8 Å². The van der Waals surface area contributed by atoms with Gasteiger partial charge in [0.05, 0.1) is 40.3 Å². The second-order valence-corrected chi connectivity index (χ2v) is 11.5. The van der Waals surface area contributed by atoms with Gasteiger partial charge in [-0.3, -0.25) is 19.4 Å². The quantitative estimate of drug-likeness (QED) is 0.568. The molecular weight excluding hydrogens is 460 g/mol. The molecule has 6 aliphatic rings. The molecular formula is C28H28N2O6. The predicted octanol–water partition coefficient (Wildman–Crippen LogP) is 2.11. The Morgan fingerprint density at radius 2 is 1.72 bits per heavy atom. The van der Waals surface area contributed by atoms with E-state index in [-0.39, 0.29) is 23.3 Å². The van der Waals surface area contributed by atoms with Gasteiger partial charge in [-0.25, -0.2) is 0 Å². The molecule has 1 saturated heterocycles. The Hall–Kier alpha value is -2.94. The van der Waals surface area contributed by atoms with Crippen molar-refractivity contribution in [2.45, 2.75) is 67.4 Å². The van der Waals surface area contributed by atoms with Crippen LogP contribution in [0.15, 0.2) is 36.4 Å². The summed E-state index contributed by atoms with van der Waals surface area (Å²) in [4.78, 5) is 30.5. The molecule has 8 heteroatoms. The van der Waals surface area contributed by atoms with Crippen LogP contribution in [0.3, 0.4) is 0 Å². The highest BCUT2D eigenvalue weighted by molar-refractivity contribution is 6.21. The third-order valence-electron chi connectivity index (χ3n) is 9.93. The highest BCUT2D eigenvalue weighted by Crippen LogP contribution is 2.68. The molecule has 3 aliphatic carbocycles. The van der Waals surface area contributed by atoms with E-state index in [0.29, 0.717) is 54.0 Å². The maximum atomic E-state index is 13.5. The lowest BCUT2D eigenvalue weighted by Crippen LogP contribution is -2.79. The molecule has 3 aliphatic heterocycles. The number of aliphatic hydroxyl groups is 2. The first kappa shape index (κ1) is 21.2. The van der Waals surface area contributed by atoms with Crippen LogP contribution in [0.1, 0.15) is 70.1 Å². The summed E-state index contributed by atoms with van der Waals surface area (Å²) in [6, 6.07) is 9.02. The van der Waals surface area contributed by atoms with Gasteiger partial charge in [-0.1, -0.05) is 18.2 Å². The number of amides is 2. The first-order valence-corrected chi connectivity index (χ1v) is 13.0. The molecule has 36 heavy (non-hydrogen) atoms. The number of carbonyl (C=O) groups excluding carboxylic acids is 2. The van der Waals surface area contributed by atoms with Crippen LogP contribution in [0.4, 0.5) is 0 Å². The summed E-state index contributed by atoms with van der Waals surface area (Å²) >= 11 is 0. The monoisotopic (exact) mass is 488 g/mol. The van der Waals surface area contributed by atoms with E-state index < -0.39 is 35.3 Å². The van der Waals surface area contributed by atoms with E-state index in [0.717, 1.165) is 6.54 Å². The average Bonchev–Trinajstić information content (AvgIpc) is 3.56. The van der Waals surface area contributed by atoms with E-state index >= 15 is 0 Å². The molecule has 2 aromatic carbocycles. The number of ether oxygens (including phenoxy) is 1. The highest BCUT2D eigenvalue weighted by Gasteiger charge is 2.75. The minimum Gasteiger partial charge on any atom is -0.504 e. The van der Waals surface area contributed by atoms with Crippen molar-refractivity contribution in [3.8, 4) is 11.5 Å². The SMILES string of the molecule is O=C1c2ccccc2C(=O)N1C1CC[C@@]2(O)[C@H]3C(O)c4ccc(O)c5c4[C@@]2(CCN3CC2CC2)C1O5. The van der Waals surface area contributed by atoms with Crippen molar-refractivity contribution < 1.29 is 29.6 Å². The molecule has 8 nitrogen and oxygen atoms in total. The van der Waals surface area contributed by atoms with Crippen molar-refractivity contribution in [1.29, 1.82) is 0 Å². The van der Waals surface area contributed by atoms with Gasteiger partial charge >= 0.3 is 0 Å². The van der Waals surface area contributed by atoms with Crippen LogP contribution in [0.25, 0.3) is 0 Å². The number of rotatable bonds is 3. The van der Waals surface area contributed by atoms with Crippen molar-refractivity contribution in [2.24, 2.45) is 5.92 Å². The standard InChI is InChI=1S/C28H28N2O6/c31-19-8-7-17-20-22(19)36-24-18(30-25(33)15-3-1-2-4-16(15)26(30)34)9-10-28(35)23(21(17)32)29(13-14-5-6-14)12-11-27(20,24)28/h1-4,7-8,14,18,21,23-24,31-32,35H,5-6,9-13H2/t18?,21?,23-,24?,27+,28-/m1/s1. The minimum atomic E-state index is -1.31.